The largest absolute Gasteiger partial charge is 0.396 e. The number of rotatable bonds is 1. The molecule has 2 aliphatic rings. The van der Waals surface area contributed by atoms with Crippen LogP contribution in [-0.4, -0.2) is 57.4 Å². The normalized spacial score (nSPS) is 58.0. The van der Waals surface area contributed by atoms with Crippen LogP contribution in [0.4, 0.5) is 0 Å². The highest BCUT2D eigenvalue weighted by molar-refractivity contribution is 5.15. The van der Waals surface area contributed by atoms with Crippen LogP contribution >= 0.6 is 0 Å². The van der Waals surface area contributed by atoms with E-state index in [4.69, 9.17) is 5.11 Å². The Balaban J connectivity index is 2.11. The molecule has 70 valence electrons. The molecule has 0 spiro atoms. The van der Waals surface area contributed by atoms with Gasteiger partial charge in [-0.05, 0) is 0 Å². The molecule has 1 aliphatic carbocycles. The lowest BCUT2D eigenvalue weighted by Gasteiger charge is -2.32. The molecule has 1 aliphatic heterocycles. The van der Waals surface area contributed by atoms with E-state index >= 15 is 0 Å². The molecule has 5 heteroatoms. The van der Waals surface area contributed by atoms with Crippen molar-refractivity contribution < 1.29 is 20.4 Å². The first kappa shape index (κ1) is 8.40. The van der Waals surface area contributed by atoms with Gasteiger partial charge in [0.25, 0.3) is 0 Å². The van der Waals surface area contributed by atoms with Crippen molar-refractivity contribution in [3.05, 3.63) is 0 Å². The zero-order valence-electron chi connectivity index (χ0n) is 6.46. The molecule has 0 bridgehead atoms. The van der Waals surface area contributed by atoms with Gasteiger partial charge >= 0.3 is 0 Å². The van der Waals surface area contributed by atoms with Gasteiger partial charge in [0.1, 0.15) is 6.10 Å². The second kappa shape index (κ2) is 2.65. The molecule has 0 aromatic heterocycles. The van der Waals surface area contributed by atoms with Crippen LogP contribution in [0.2, 0.25) is 0 Å². The molecule has 2 fully saturated rings. The van der Waals surface area contributed by atoms with Gasteiger partial charge in [-0.1, -0.05) is 0 Å². The summed E-state index contributed by atoms with van der Waals surface area (Å²) in [6.07, 6.45) is -3.08. The van der Waals surface area contributed by atoms with Crippen molar-refractivity contribution in [3.63, 3.8) is 0 Å². The Labute approximate surface area is 69.6 Å². The minimum Gasteiger partial charge on any atom is -0.396 e. The second-order valence-corrected chi connectivity index (χ2v) is 3.54. The Bertz CT molecular complexity index is 188. The molecule has 1 heterocycles. The Kier molecular flexibility index (Phi) is 1.85. The second-order valence-electron chi connectivity index (χ2n) is 3.54. The average molecular weight is 175 g/mol. The zero-order valence-corrected chi connectivity index (χ0v) is 6.46. The average Bonchev–Trinajstić information content (AvgIpc) is 2.81. The fourth-order valence-electron chi connectivity index (χ4n) is 1.97. The summed E-state index contributed by atoms with van der Waals surface area (Å²) >= 11 is 0. The molecule has 5 nitrogen and oxygen atoms in total. The molecule has 0 unspecified atom stereocenters. The number of aliphatic hydroxyl groups excluding tert-OH is 4. The third-order valence-corrected chi connectivity index (χ3v) is 2.84. The fraction of sp³-hybridized carbons (Fsp3) is 1.00. The van der Waals surface area contributed by atoms with Crippen LogP contribution in [0.1, 0.15) is 0 Å². The van der Waals surface area contributed by atoms with Crippen molar-refractivity contribution in [2.75, 3.05) is 6.61 Å². The molecule has 0 aromatic rings. The van der Waals surface area contributed by atoms with Gasteiger partial charge in [-0.15, -0.1) is 0 Å². The highest BCUT2D eigenvalue weighted by atomic mass is 16.4. The summed E-state index contributed by atoms with van der Waals surface area (Å²) in [7, 11) is 0. The summed E-state index contributed by atoms with van der Waals surface area (Å²) in [6.45, 7) is -0.168. The van der Waals surface area contributed by atoms with E-state index in [1.807, 2.05) is 0 Å². The van der Waals surface area contributed by atoms with E-state index in [0.717, 1.165) is 0 Å². The standard InChI is InChI=1S/C7H13NO4/c9-1-2-3-4(8-3)6(11)7(12)5(2)10/h2-12H,1H2/t2-,3-,4-,5+,6-,7-/m0/s1. The summed E-state index contributed by atoms with van der Waals surface area (Å²) in [6, 6.07) is -0.191. The lowest BCUT2D eigenvalue weighted by Crippen LogP contribution is -2.52. The summed E-state index contributed by atoms with van der Waals surface area (Å²) in [5.41, 5.74) is 0. The van der Waals surface area contributed by atoms with Crippen molar-refractivity contribution in [1.82, 2.24) is 5.32 Å². The lowest BCUT2D eigenvalue weighted by molar-refractivity contribution is -0.105. The topological polar surface area (TPSA) is 103 Å². The van der Waals surface area contributed by atoms with Crippen molar-refractivity contribution in [2.24, 2.45) is 5.92 Å². The van der Waals surface area contributed by atoms with Gasteiger partial charge in [-0.3, -0.25) is 0 Å². The molecule has 0 radical (unpaired) electrons. The van der Waals surface area contributed by atoms with Crippen LogP contribution in [0.15, 0.2) is 0 Å². The minimum atomic E-state index is -1.14. The van der Waals surface area contributed by atoms with Crippen LogP contribution < -0.4 is 5.32 Å². The van der Waals surface area contributed by atoms with Gasteiger partial charge in [-0.2, -0.15) is 0 Å². The number of nitrogens with one attached hydrogen (secondary N) is 1. The Morgan fingerprint density at radius 3 is 2.17 bits per heavy atom. The highest BCUT2D eigenvalue weighted by Gasteiger charge is 2.57. The molecule has 6 atom stereocenters. The highest BCUT2D eigenvalue weighted by Crippen LogP contribution is 2.34. The summed E-state index contributed by atoms with van der Waals surface area (Å²) in [5, 5.41) is 39.8. The van der Waals surface area contributed by atoms with Crippen LogP contribution in [0.25, 0.3) is 0 Å². The van der Waals surface area contributed by atoms with E-state index in [-0.39, 0.29) is 24.6 Å². The van der Waals surface area contributed by atoms with Gasteiger partial charge in [0.05, 0.1) is 24.9 Å². The maximum atomic E-state index is 9.39. The molecular weight excluding hydrogens is 162 g/mol. The van der Waals surface area contributed by atoms with Crippen molar-refractivity contribution in [2.45, 2.75) is 30.4 Å². The van der Waals surface area contributed by atoms with Gasteiger partial charge in [-0.25, -0.2) is 0 Å². The summed E-state index contributed by atoms with van der Waals surface area (Å²) < 4.78 is 0. The molecule has 0 amide bonds. The SMILES string of the molecule is OC[C@@H]1[C@@H](O)[C@H](O)[C@@H](O)[C@H]2N[C@@H]12. The first-order valence-electron chi connectivity index (χ1n) is 4.08. The Hall–Kier alpha value is -0.200. The van der Waals surface area contributed by atoms with E-state index in [0.29, 0.717) is 0 Å². The van der Waals surface area contributed by atoms with E-state index in [1.165, 1.54) is 0 Å². The Morgan fingerprint density at radius 2 is 1.58 bits per heavy atom. The van der Waals surface area contributed by atoms with Crippen LogP contribution in [0.3, 0.4) is 0 Å². The van der Waals surface area contributed by atoms with Crippen molar-refractivity contribution in [1.29, 1.82) is 0 Å². The van der Waals surface area contributed by atoms with E-state index in [2.05, 4.69) is 5.32 Å². The molecule has 0 aromatic carbocycles. The predicted molar refractivity (Wildman–Crippen MR) is 39.3 cm³/mol. The maximum Gasteiger partial charge on any atom is 0.108 e. The third-order valence-electron chi connectivity index (χ3n) is 2.84. The van der Waals surface area contributed by atoms with E-state index in [1.54, 1.807) is 0 Å². The summed E-state index contributed by atoms with van der Waals surface area (Å²) in [5.74, 6) is -0.353. The van der Waals surface area contributed by atoms with Crippen LogP contribution in [-0.2, 0) is 0 Å². The van der Waals surface area contributed by atoms with Crippen LogP contribution in [0, 0.1) is 5.92 Å². The molecule has 1 saturated heterocycles. The van der Waals surface area contributed by atoms with E-state index < -0.39 is 18.3 Å². The molecule has 2 rings (SSSR count). The molecular formula is C7H13NO4. The van der Waals surface area contributed by atoms with E-state index in [9.17, 15) is 15.3 Å². The van der Waals surface area contributed by atoms with Gasteiger partial charge < -0.3 is 25.7 Å². The monoisotopic (exact) mass is 175 g/mol. The lowest BCUT2D eigenvalue weighted by atomic mass is 9.83. The quantitative estimate of drug-likeness (QED) is 0.274. The fourth-order valence-corrected chi connectivity index (χ4v) is 1.97. The maximum absolute atomic E-state index is 9.39. The smallest absolute Gasteiger partial charge is 0.108 e. The van der Waals surface area contributed by atoms with Crippen LogP contribution in [0.5, 0.6) is 0 Å². The first-order chi connectivity index (χ1) is 5.66. The predicted octanol–water partition coefficient (Wildman–Crippen LogP) is -2.97. The number of hydrogen-bond donors (Lipinski definition) is 5. The van der Waals surface area contributed by atoms with Gasteiger partial charge in [0.15, 0.2) is 0 Å². The Morgan fingerprint density at radius 1 is 0.917 bits per heavy atom. The zero-order chi connectivity index (χ0) is 8.88. The minimum absolute atomic E-state index is 0.0385. The third kappa shape index (κ3) is 0.982. The van der Waals surface area contributed by atoms with Gasteiger partial charge in [0.2, 0.25) is 0 Å². The summed E-state index contributed by atoms with van der Waals surface area (Å²) in [4.78, 5) is 0. The number of hydrogen-bond acceptors (Lipinski definition) is 5. The molecule has 1 saturated carbocycles. The molecule has 12 heavy (non-hydrogen) atoms. The van der Waals surface area contributed by atoms with Crippen molar-refractivity contribution >= 4 is 0 Å². The first-order valence-corrected chi connectivity index (χ1v) is 4.08. The van der Waals surface area contributed by atoms with Gasteiger partial charge in [0, 0.05) is 12.0 Å². The number of aliphatic hydroxyl groups is 4. The number of fused-ring (bicyclic) bond motifs is 1. The van der Waals surface area contributed by atoms with Crippen molar-refractivity contribution in [3.8, 4) is 0 Å². The molecule has 5 N–H and O–H groups in total.